The predicted octanol–water partition coefficient (Wildman–Crippen LogP) is 3.92. The van der Waals surface area contributed by atoms with E-state index < -0.39 is 11.0 Å². The van der Waals surface area contributed by atoms with Crippen LogP contribution in [-0.2, 0) is 16.6 Å². The molecule has 2 bridgehead atoms. The average Bonchev–Trinajstić information content (AvgIpc) is 3.22. The number of phenols is 1. The third-order valence-electron chi connectivity index (χ3n) is 10.3. The van der Waals surface area contributed by atoms with Crippen LogP contribution in [0.4, 0.5) is 0 Å². The van der Waals surface area contributed by atoms with Crippen LogP contribution in [0.25, 0.3) is 0 Å². The van der Waals surface area contributed by atoms with Gasteiger partial charge in [0.25, 0.3) is 0 Å². The molecule has 5 atom stereocenters. The van der Waals surface area contributed by atoms with Gasteiger partial charge in [0.05, 0.1) is 17.1 Å². The largest absolute Gasteiger partial charge is 0.504 e. The summed E-state index contributed by atoms with van der Waals surface area (Å²) in [5, 5.41) is 23.2. The number of nitrogens with zero attached hydrogens (tertiary/aromatic N) is 2. The van der Waals surface area contributed by atoms with Crippen LogP contribution >= 0.6 is 0 Å². The second kappa shape index (κ2) is 8.52. The van der Waals surface area contributed by atoms with Gasteiger partial charge in [-0.25, -0.2) is 0 Å². The molecule has 2 saturated carbocycles. The summed E-state index contributed by atoms with van der Waals surface area (Å²) in [6.07, 6.45) is 12.4. The number of aliphatic hydroxyl groups is 1. The fraction of sp³-hybridized carbons (Fsp3) is 0.690. The molecule has 5 aliphatic rings. The highest BCUT2D eigenvalue weighted by atomic mass is 16.5. The second-order valence-corrected chi connectivity index (χ2v) is 11.8. The van der Waals surface area contributed by atoms with Crippen LogP contribution in [0.1, 0.15) is 75.3 Å². The highest BCUT2D eigenvalue weighted by Gasteiger charge is 2.73. The SMILES string of the molecule is C=CCN1CC[C@]23c4c5ccc(O)c4O[C@H]2[C@H](N(C)C(=O)CCC2CCCCC2)CC[C@@]3(O)[C@H]1C5. The summed E-state index contributed by atoms with van der Waals surface area (Å²) in [4.78, 5) is 17.7. The van der Waals surface area contributed by atoms with Gasteiger partial charge in [-0.2, -0.15) is 0 Å². The molecule has 190 valence electrons. The molecule has 35 heavy (non-hydrogen) atoms. The molecule has 3 aliphatic carbocycles. The number of hydrogen-bond donors (Lipinski definition) is 2. The normalized spacial score (nSPS) is 35.8. The van der Waals surface area contributed by atoms with Crippen LogP contribution < -0.4 is 4.74 Å². The van der Waals surface area contributed by atoms with Gasteiger partial charge < -0.3 is 19.8 Å². The third kappa shape index (κ3) is 3.25. The van der Waals surface area contributed by atoms with Crippen molar-refractivity contribution in [2.24, 2.45) is 5.92 Å². The van der Waals surface area contributed by atoms with Gasteiger partial charge >= 0.3 is 0 Å². The van der Waals surface area contributed by atoms with Crippen molar-refractivity contribution in [3.63, 3.8) is 0 Å². The standard InChI is InChI=1S/C29H40N2O4/c1-3-16-31-17-15-28-25-20-10-11-22(32)26(25)35-27(28)21(13-14-29(28,34)23(31)18-20)30(2)24(33)12-9-19-7-5-4-6-8-19/h3,10-11,19,21,23,27,32,34H,1,4-9,12-18H2,2H3/t21-,23-,27+,28+,29-/m1/s1. The van der Waals surface area contributed by atoms with Crippen LogP contribution in [0.3, 0.4) is 0 Å². The Bertz CT molecular complexity index is 1020. The van der Waals surface area contributed by atoms with E-state index in [9.17, 15) is 15.0 Å². The minimum Gasteiger partial charge on any atom is -0.504 e. The number of piperidine rings is 1. The Morgan fingerprint density at radius 2 is 2.06 bits per heavy atom. The number of benzene rings is 1. The van der Waals surface area contributed by atoms with Gasteiger partial charge in [0.2, 0.25) is 5.91 Å². The van der Waals surface area contributed by atoms with Crippen molar-refractivity contribution in [3.8, 4) is 11.5 Å². The van der Waals surface area contributed by atoms with Crippen LogP contribution in [0, 0.1) is 5.92 Å². The van der Waals surface area contributed by atoms with Gasteiger partial charge in [0.1, 0.15) is 6.10 Å². The lowest BCUT2D eigenvalue weighted by molar-refractivity contribution is -0.198. The third-order valence-corrected chi connectivity index (χ3v) is 10.3. The molecule has 1 spiro atoms. The van der Waals surface area contributed by atoms with E-state index >= 15 is 0 Å². The zero-order valence-electron chi connectivity index (χ0n) is 21.0. The van der Waals surface area contributed by atoms with E-state index in [4.69, 9.17) is 4.74 Å². The maximum Gasteiger partial charge on any atom is 0.222 e. The first-order chi connectivity index (χ1) is 16.9. The highest BCUT2D eigenvalue weighted by molar-refractivity contribution is 5.76. The number of aromatic hydroxyl groups is 1. The fourth-order valence-corrected chi connectivity index (χ4v) is 8.55. The molecule has 0 unspecified atom stereocenters. The Kier molecular flexibility index (Phi) is 5.68. The van der Waals surface area contributed by atoms with Gasteiger partial charge in [-0.05, 0) is 56.2 Å². The summed E-state index contributed by atoms with van der Waals surface area (Å²) >= 11 is 0. The van der Waals surface area contributed by atoms with E-state index in [1.165, 1.54) is 32.1 Å². The maximum atomic E-state index is 13.4. The minimum absolute atomic E-state index is 0.0170. The molecule has 1 amide bonds. The first kappa shape index (κ1) is 23.4. The number of hydrogen-bond acceptors (Lipinski definition) is 5. The van der Waals surface area contributed by atoms with E-state index in [1.807, 2.05) is 24.1 Å². The Hall–Kier alpha value is -2.05. The van der Waals surface area contributed by atoms with Crippen molar-refractivity contribution in [1.29, 1.82) is 0 Å². The molecule has 6 heteroatoms. The Morgan fingerprint density at radius 3 is 2.83 bits per heavy atom. The summed E-state index contributed by atoms with van der Waals surface area (Å²) in [6.45, 7) is 5.54. The number of phenolic OH excluding ortho intramolecular Hbond substituents is 1. The Labute approximate surface area is 208 Å². The monoisotopic (exact) mass is 480 g/mol. The van der Waals surface area contributed by atoms with Crippen molar-refractivity contribution in [2.45, 2.75) is 99.8 Å². The van der Waals surface area contributed by atoms with E-state index in [-0.39, 0.29) is 29.8 Å². The molecule has 6 rings (SSSR count). The van der Waals surface area contributed by atoms with Gasteiger partial charge in [0.15, 0.2) is 11.5 Å². The quantitative estimate of drug-likeness (QED) is 0.604. The molecule has 1 aromatic carbocycles. The summed E-state index contributed by atoms with van der Waals surface area (Å²) in [5.74, 6) is 1.54. The van der Waals surface area contributed by atoms with Gasteiger partial charge in [-0.15, -0.1) is 6.58 Å². The van der Waals surface area contributed by atoms with E-state index in [1.54, 1.807) is 6.07 Å². The molecule has 0 aromatic heterocycles. The molecule has 3 fully saturated rings. The number of carbonyl (C=O) groups excluding carboxylic acids is 1. The van der Waals surface area contributed by atoms with Crippen LogP contribution in [-0.4, -0.2) is 69.8 Å². The minimum atomic E-state index is -0.951. The predicted molar refractivity (Wildman–Crippen MR) is 135 cm³/mol. The van der Waals surface area contributed by atoms with Gasteiger partial charge in [-0.3, -0.25) is 9.69 Å². The van der Waals surface area contributed by atoms with Gasteiger partial charge in [0, 0.05) is 31.6 Å². The molecule has 2 aliphatic heterocycles. The van der Waals surface area contributed by atoms with E-state index in [0.717, 1.165) is 43.5 Å². The number of ether oxygens (including phenoxy) is 1. The van der Waals surface area contributed by atoms with Crippen LogP contribution in [0.5, 0.6) is 11.5 Å². The van der Waals surface area contributed by atoms with Crippen molar-refractivity contribution in [1.82, 2.24) is 9.80 Å². The lowest BCUT2D eigenvalue weighted by atomic mass is 9.48. The molecular formula is C29H40N2O4. The number of amides is 1. The first-order valence-electron chi connectivity index (χ1n) is 13.8. The highest BCUT2D eigenvalue weighted by Crippen LogP contribution is 2.65. The van der Waals surface area contributed by atoms with E-state index in [0.29, 0.717) is 30.9 Å². The lowest BCUT2D eigenvalue weighted by Gasteiger charge is -2.64. The number of rotatable bonds is 6. The smallest absolute Gasteiger partial charge is 0.222 e. The Balaban J connectivity index is 1.32. The Morgan fingerprint density at radius 1 is 1.26 bits per heavy atom. The molecule has 2 N–H and O–H groups in total. The summed E-state index contributed by atoms with van der Waals surface area (Å²) in [5.41, 5.74) is 0.619. The fourth-order valence-electron chi connectivity index (χ4n) is 8.55. The first-order valence-corrected chi connectivity index (χ1v) is 13.8. The summed E-state index contributed by atoms with van der Waals surface area (Å²) in [7, 11) is 1.93. The van der Waals surface area contributed by atoms with Crippen LogP contribution in [0.15, 0.2) is 24.8 Å². The van der Waals surface area contributed by atoms with Gasteiger partial charge in [-0.1, -0.05) is 44.2 Å². The molecule has 2 heterocycles. The molecular weight excluding hydrogens is 440 g/mol. The molecule has 0 radical (unpaired) electrons. The molecule has 1 aromatic rings. The zero-order valence-corrected chi connectivity index (χ0v) is 21.0. The van der Waals surface area contributed by atoms with Crippen molar-refractivity contribution in [2.75, 3.05) is 20.1 Å². The summed E-state index contributed by atoms with van der Waals surface area (Å²) in [6, 6.07) is 3.61. The van der Waals surface area contributed by atoms with Crippen molar-refractivity contribution in [3.05, 3.63) is 35.9 Å². The van der Waals surface area contributed by atoms with E-state index in [2.05, 4.69) is 11.5 Å². The number of likely N-dealkylation sites (N-methyl/N-ethyl adjacent to an activating group) is 1. The average molecular weight is 481 g/mol. The molecule has 6 nitrogen and oxygen atoms in total. The number of carbonyl (C=O) groups is 1. The summed E-state index contributed by atoms with van der Waals surface area (Å²) < 4.78 is 6.61. The maximum absolute atomic E-state index is 13.4. The lowest BCUT2D eigenvalue weighted by Crippen LogP contribution is -2.78. The van der Waals surface area contributed by atoms with Crippen molar-refractivity contribution < 1.29 is 19.7 Å². The second-order valence-electron chi connectivity index (χ2n) is 11.8. The topological polar surface area (TPSA) is 73.2 Å². The molecule has 1 saturated heterocycles. The zero-order chi connectivity index (χ0) is 24.4. The number of likely N-dealkylation sites (tertiary alicyclic amines) is 1. The van der Waals surface area contributed by atoms with Crippen LogP contribution in [0.2, 0.25) is 0 Å². The van der Waals surface area contributed by atoms with Crippen molar-refractivity contribution >= 4 is 5.91 Å².